The highest BCUT2D eigenvalue weighted by atomic mass is 32.1. The standard InChI is InChI=1S/C14H18N4OS/c1-3-5-16-13-4-6-15-8-12(13)14(19)17-7-11-9-20-10(2)18-11/h4,6,8-9H,3,5,7H2,1-2H3,(H,15,16)(H,17,19). The van der Waals surface area contributed by atoms with Crippen LogP contribution >= 0.6 is 11.3 Å². The maximum Gasteiger partial charge on any atom is 0.255 e. The molecule has 0 unspecified atom stereocenters. The molecule has 20 heavy (non-hydrogen) atoms. The summed E-state index contributed by atoms with van der Waals surface area (Å²) in [4.78, 5) is 20.5. The van der Waals surface area contributed by atoms with Crippen LogP contribution in [0.25, 0.3) is 0 Å². The van der Waals surface area contributed by atoms with Crippen molar-refractivity contribution in [2.75, 3.05) is 11.9 Å². The predicted molar refractivity (Wildman–Crippen MR) is 81.0 cm³/mol. The molecule has 2 aromatic heterocycles. The summed E-state index contributed by atoms with van der Waals surface area (Å²) in [5.74, 6) is -0.137. The highest BCUT2D eigenvalue weighted by molar-refractivity contribution is 7.09. The molecule has 0 saturated carbocycles. The molecule has 2 rings (SSSR count). The third-order valence-electron chi connectivity index (χ3n) is 2.73. The Balaban J connectivity index is 2.01. The van der Waals surface area contributed by atoms with E-state index >= 15 is 0 Å². The summed E-state index contributed by atoms with van der Waals surface area (Å²) in [6, 6.07) is 1.82. The van der Waals surface area contributed by atoms with Gasteiger partial charge in [0.2, 0.25) is 0 Å². The van der Waals surface area contributed by atoms with Gasteiger partial charge in [-0.15, -0.1) is 11.3 Å². The molecular formula is C14H18N4OS. The van der Waals surface area contributed by atoms with E-state index in [-0.39, 0.29) is 5.91 Å². The highest BCUT2D eigenvalue weighted by Gasteiger charge is 2.11. The molecular weight excluding hydrogens is 272 g/mol. The zero-order valence-electron chi connectivity index (χ0n) is 11.6. The Morgan fingerprint density at radius 3 is 3.00 bits per heavy atom. The minimum absolute atomic E-state index is 0.137. The fourth-order valence-electron chi connectivity index (χ4n) is 1.74. The number of nitrogens with one attached hydrogen (secondary N) is 2. The summed E-state index contributed by atoms with van der Waals surface area (Å²) in [6.07, 6.45) is 4.26. The minimum Gasteiger partial charge on any atom is -0.384 e. The molecule has 5 nitrogen and oxygen atoms in total. The molecule has 6 heteroatoms. The summed E-state index contributed by atoms with van der Waals surface area (Å²) in [7, 11) is 0. The van der Waals surface area contributed by atoms with E-state index in [1.165, 1.54) is 0 Å². The second-order valence-electron chi connectivity index (χ2n) is 4.39. The van der Waals surface area contributed by atoms with Gasteiger partial charge in [0.15, 0.2) is 0 Å². The number of aromatic nitrogens is 2. The van der Waals surface area contributed by atoms with Gasteiger partial charge in [-0.3, -0.25) is 9.78 Å². The van der Waals surface area contributed by atoms with Gasteiger partial charge in [-0.05, 0) is 19.4 Å². The quantitative estimate of drug-likeness (QED) is 0.858. The largest absolute Gasteiger partial charge is 0.384 e. The zero-order valence-corrected chi connectivity index (χ0v) is 12.5. The van der Waals surface area contributed by atoms with Crippen LogP contribution in [0.5, 0.6) is 0 Å². The topological polar surface area (TPSA) is 66.9 Å². The van der Waals surface area contributed by atoms with Gasteiger partial charge in [0.1, 0.15) is 0 Å². The lowest BCUT2D eigenvalue weighted by molar-refractivity contribution is 0.0951. The second-order valence-corrected chi connectivity index (χ2v) is 5.45. The number of aryl methyl sites for hydroxylation is 1. The molecule has 0 atom stereocenters. The van der Waals surface area contributed by atoms with Gasteiger partial charge in [-0.1, -0.05) is 6.92 Å². The molecule has 0 spiro atoms. The average molecular weight is 290 g/mol. The molecule has 2 N–H and O–H groups in total. The van der Waals surface area contributed by atoms with E-state index in [1.54, 1.807) is 23.7 Å². The monoisotopic (exact) mass is 290 g/mol. The van der Waals surface area contributed by atoms with Crippen LogP contribution in [0.2, 0.25) is 0 Å². The van der Waals surface area contributed by atoms with Crippen molar-refractivity contribution >= 4 is 22.9 Å². The number of hydrogen-bond acceptors (Lipinski definition) is 5. The molecule has 0 aromatic carbocycles. The molecule has 0 saturated heterocycles. The third kappa shape index (κ3) is 3.77. The molecule has 0 bridgehead atoms. The van der Waals surface area contributed by atoms with Crippen molar-refractivity contribution < 1.29 is 4.79 Å². The molecule has 0 fully saturated rings. The van der Waals surface area contributed by atoms with E-state index in [2.05, 4.69) is 27.5 Å². The van der Waals surface area contributed by atoms with E-state index < -0.39 is 0 Å². The fourth-order valence-corrected chi connectivity index (χ4v) is 2.36. The molecule has 0 aliphatic carbocycles. The van der Waals surface area contributed by atoms with Crippen molar-refractivity contribution in [3.8, 4) is 0 Å². The van der Waals surface area contributed by atoms with E-state index in [1.807, 2.05) is 18.4 Å². The Bertz CT molecular complexity index is 582. The van der Waals surface area contributed by atoms with Crippen LogP contribution in [0.15, 0.2) is 23.8 Å². The van der Waals surface area contributed by atoms with Gasteiger partial charge in [0, 0.05) is 24.3 Å². The van der Waals surface area contributed by atoms with Crippen molar-refractivity contribution in [3.05, 3.63) is 40.1 Å². The maximum absolute atomic E-state index is 12.2. The van der Waals surface area contributed by atoms with Gasteiger partial charge in [-0.2, -0.15) is 0 Å². The van der Waals surface area contributed by atoms with E-state index in [0.29, 0.717) is 12.1 Å². The number of anilines is 1. The van der Waals surface area contributed by atoms with E-state index in [0.717, 1.165) is 29.4 Å². The molecule has 2 heterocycles. The Labute approximate surface area is 122 Å². The van der Waals surface area contributed by atoms with E-state index in [4.69, 9.17) is 0 Å². The van der Waals surface area contributed by atoms with Gasteiger partial charge in [0.25, 0.3) is 5.91 Å². The second kappa shape index (κ2) is 7.00. The van der Waals surface area contributed by atoms with Gasteiger partial charge >= 0.3 is 0 Å². The minimum atomic E-state index is -0.137. The first-order valence-corrected chi connectivity index (χ1v) is 7.45. The lowest BCUT2D eigenvalue weighted by Crippen LogP contribution is -2.24. The highest BCUT2D eigenvalue weighted by Crippen LogP contribution is 2.14. The maximum atomic E-state index is 12.2. The lowest BCUT2D eigenvalue weighted by Gasteiger charge is -2.10. The first kappa shape index (κ1) is 14.5. The van der Waals surface area contributed by atoms with Crippen molar-refractivity contribution in [1.29, 1.82) is 0 Å². The summed E-state index contributed by atoms with van der Waals surface area (Å²) < 4.78 is 0. The molecule has 0 aliphatic heterocycles. The molecule has 106 valence electrons. The average Bonchev–Trinajstić information content (AvgIpc) is 2.88. The van der Waals surface area contributed by atoms with Crippen LogP contribution in [0.3, 0.4) is 0 Å². The van der Waals surface area contributed by atoms with Crippen molar-refractivity contribution in [3.63, 3.8) is 0 Å². The Kier molecular flexibility index (Phi) is 5.06. The summed E-state index contributed by atoms with van der Waals surface area (Å²) in [5, 5.41) is 9.06. The lowest BCUT2D eigenvalue weighted by atomic mass is 10.2. The number of thiazole rings is 1. The number of hydrogen-bond donors (Lipinski definition) is 2. The molecule has 0 aliphatic rings. The van der Waals surface area contributed by atoms with Crippen LogP contribution in [0, 0.1) is 6.92 Å². The van der Waals surface area contributed by atoms with Crippen molar-refractivity contribution in [2.24, 2.45) is 0 Å². The number of carbonyl (C=O) groups is 1. The number of rotatable bonds is 6. The van der Waals surface area contributed by atoms with E-state index in [9.17, 15) is 4.79 Å². The van der Waals surface area contributed by atoms with Crippen LogP contribution in [0.1, 0.15) is 34.4 Å². The van der Waals surface area contributed by atoms with Gasteiger partial charge in [-0.25, -0.2) is 4.98 Å². The van der Waals surface area contributed by atoms with Crippen LogP contribution in [-0.2, 0) is 6.54 Å². The molecule has 1 amide bonds. The number of nitrogens with zero attached hydrogens (tertiary/aromatic N) is 2. The Morgan fingerprint density at radius 1 is 1.45 bits per heavy atom. The van der Waals surface area contributed by atoms with Crippen LogP contribution < -0.4 is 10.6 Å². The van der Waals surface area contributed by atoms with Crippen LogP contribution in [-0.4, -0.2) is 22.4 Å². The number of amides is 1. The van der Waals surface area contributed by atoms with Gasteiger partial charge in [0.05, 0.1) is 28.5 Å². The fraction of sp³-hybridized carbons (Fsp3) is 0.357. The van der Waals surface area contributed by atoms with Crippen molar-refractivity contribution in [1.82, 2.24) is 15.3 Å². The smallest absolute Gasteiger partial charge is 0.255 e. The predicted octanol–water partition coefficient (Wildman–Crippen LogP) is 2.60. The summed E-state index contributed by atoms with van der Waals surface area (Å²) >= 11 is 1.58. The normalized spacial score (nSPS) is 10.3. The SMILES string of the molecule is CCCNc1ccncc1C(=O)NCc1csc(C)n1. The summed E-state index contributed by atoms with van der Waals surface area (Å²) in [5.41, 5.74) is 2.26. The number of carbonyl (C=O) groups excluding carboxylic acids is 1. The number of pyridine rings is 1. The van der Waals surface area contributed by atoms with Gasteiger partial charge < -0.3 is 10.6 Å². The zero-order chi connectivity index (χ0) is 14.4. The van der Waals surface area contributed by atoms with Crippen molar-refractivity contribution in [2.45, 2.75) is 26.8 Å². The molecule has 2 aromatic rings. The first-order valence-electron chi connectivity index (χ1n) is 6.57. The third-order valence-corrected chi connectivity index (χ3v) is 3.55. The summed E-state index contributed by atoms with van der Waals surface area (Å²) in [6.45, 7) is 5.29. The Hall–Kier alpha value is -1.95. The first-order chi connectivity index (χ1) is 9.70. The van der Waals surface area contributed by atoms with Crippen LogP contribution in [0.4, 0.5) is 5.69 Å². The Morgan fingerprint density at radius 2 is 2.30 bits per heavy atom. The molecule has 0 radical (unpaired) electrons.